The molecule has 2 rings (SSSR count). The highest BCUT2D eigenvalue weighted by Gasteiger charge is 2.17. The highest BCUT2D eigenvalue weighted by Crippen LogP contribution is 2.15. The quantitative estimate of drug-likeness (QED) is 0.921. The number of sulfonamides is 1. The summed E-state index contributed by atoms with van der Waals surface area (Å²) in [6, 6.07) is 6.18. The lowest BCUT2D eigenvalue weighted by atomic mass is 10.2. The summed E-state index contributed by atoms with van der Waals surface area (Å²) in [7, 11) is -3.85. The molecule has 104 valence electrons. The van der Waals surface area contributed by atoms with Crippen molar-refractivity contribution in [2.75, 3.05) is 0 Å². The Morgan fingerprint density at radius 3 is 2.80 bits per heavy atom. The zero-order chi connectivity index (χ0) is 14.8. The van der Waals surface area contributed by atoms with Crippen LogP contribution in [0.15, 0.2) is 33.7 Å². The number of benzene rings is 1. The summed E-state index contributed by atoms with van der Waals surface area (Å²) in [5, 5.41) is 12.3. The first kappa shape index (κ1) is 14.2. The minimum absolute atomic E-state index is 0.0809. The molecule has 0 saturated carbocycles. The maximum Gasteiger partial charge on any atom is 0.241 e. The van der Waals surface area contributed by atoms with Gasteiger partial charge in [-0.15, -0.1) is 0 Å². The fourth-order valence-electron chi connectivity index (χ4n) is 1.51. The summed E-state index contributed by atoms with van der Waals surface area (Å²) in [5.74, 6) is -0.411. The van der Waals surface area contributed by atoms with Gasteiger partial charge in [0.25, 0.3) is 0 Å². The predicted octanol–water partition coefficient (Wildman–Crippen LogP) is 1.47. The summed E-state index contributed by atoms with van der Waals surface area (Å²) in [5.41, 5.74) is 0.302. The minimum atomic E-state index is -3.85. The van der Waals surface area contributed by atoms with Crippen molar-refractivity contribution < 1.29 is 17.3 Å². The third-order valence-corrected chi connectivity index (χ3v) is 3.88. The lowest BCUT2D eigenvalue weighted by Gasteiger charge is -2.05. The van der Waals surface area contributed by atoms with Crippen LogP contribution in [0.1, 0.15) is 17.0 Å². The molecule has 0 spiro atoms. The molecule has 0 radical (unpaired) electrons. The highest BCUT2D eigenvalue weighted by atomic mass is 32.2. The number of hydrogen-bond acceptors (Lipinski definition) is 5. The summed E-state index contributed by atoms with van der Waals surface area (Å²) >= 11 is 0. The van der Waals surface area contributed by atoms with Gasteiger partial charge in [0.1, 0.15) is 11.9 Å². The van der Waals surface area contributed by atoms with E-state index in [4.69, 9.17) is 9.78 Å². The predicted molar refractivity (Wildman–Crippen MR) is 66.4 cm³/mol. The average molecular weight is 295 g/mol. The Kier molecular flexibility index (Phi) is 3.83. The van der Waals surface area contributed by atoms with Crippen molar-refractivity contribution >= 4 is 10.0 Å². The topological polar surface area (TPSA) is 96.0 Å². The second kappa shape index (κ2) is 5.40. The van der Waals surface area contributed by atoms with Gasteiger partial charge in [-0.2, -0.15) is 5.26 Å². The summed E-state index contributed by atoms with van der Waals surface area (Å²) in [4.78, 5) is -0.188. The van der Waals surface area contributed by atoms with Crippen LogP contribution in [-0.2, 0) is 16.6 Å². The highest BCUT2D eigenvalue weighted by molar-refractivity contribution is 7.89. The van der Waals surface area contributed by atoms with E-state index in [2.05, 4.69) is 9.88 Å². The second-order valence-electron chi connectivity index (χ2n) is 4.01. The third kappa shape index (κ3) is 3.01. The Balaban J connectivity index is 2.20. The zero-order valence-corrected chi connectivity index (χ0v) is 11.2. The van der Waals surface area contributed by atoms with E-state index >= 15 is 0 Å². The van der Waals surface area contributed by atoms with E-state index in [1.807, 2.05) is 0 Å². The van der Waals surface area contributed by atoms with Gasteiger partial charge in [-0.05, 0) is 25.1 Å². The molecule has 0 unspecified atom stereocenters. The summed E-state index contributed by atoms with van der Waals surface area (Å²) < 4.78 is 44.3. The molecule has 0 aliphatic heterocycles. The van der Waals surface area contributed by atoms with Crippen molar-refractivity contribution in [3.8, 4) is 6.07 Å². The van der Waals surface area contributed by atoms with E-state index in [1.165, 1.54) is 0 Å². The summed E-state index contributed by atoms with van der Waals surface area (Å²) in [6.07, 6.45) is 0. The molecule has 0 saturated heterocycles. The Bertz CT molecular complexity index is 777. The number of aryl methyl sites for hydroxylation is 1. The first-order valence-electron chi connectivity index (χ1n) is 5.54. The molecule has 8 heteroatoms. The number of hydrogen-bond donors (Lipinski definition) is 1. The molecule has 1 aromatic carbocycles. The lowest BCUT2D eigenvalue weighted by molar-refractivity contribution is 0.377. The normalized spacial score (nSPS) is 11.2. The SMILES string of the molecule is Cc1cc(CNS(=O)(=O)c2ccc(F)c(C#N)c2)on1. The van der Waals surface area contributed by atoms with Crippen molar-refractivity contribution in [1.29, 1.82) is 5.26 Å². The maximum atomic E-state index is 13.2. The Labute approximate surface area is 114 Å². The van der Waals surface area contributed by atoms with Crippen LogP contribution in [0.25, 0.3) is 0 Å². The molecular weight excluding hydrogens is 285 g/mol. The first-order valence-corrected chi connectivity index (χ1v) is 7.02. The molecule has 0 amide bonds. The smallest absolute Gasteiger partial charge is 0.241 e. The fraction of sp³-hybridized carbons (Fsp3) is 0.167. The van der Waals surface area contributed by atoms with Crippen LogP contribution in [0.4, 0.5) is 4.39 Å². The van der Waals surface area contributed by atoms with Crippen LogP contribution in [-0.4, -0.2) is 13.6 Å². The van der Waals surface area contributed by atoms with Crippen LogP contribution in [0.5, 0.6) is 0 Å². The Morgan fingerprint density at radius 1 is 1.45 bits per heavy atom. The number of aromatic nitrogens is 1. The van der Waals surface area contributed by atoms with Crippen molar-refractivity contribution in [2.45, 2.75) is 18.4 Å². The molecular formula is C12H10FN3O3S. The van der Waals surface area contributed by atoms with Gasteiger partial charge in [-0.3, -0.25) is 0 Å². The lowest BCUT2D eigenvalue weighted by Crippen LogP contribution is -2.23. The van der Waals surface area contributed by atoms with Crippen LogP contribution >= 0.6 is 0 Å². The molecule has 0 atom stereocenters. The molecule has 0 fully saturated rings. The zero-order valence-electron chi connectivity index (χ0n) is 10.4. The number of nitrogens with zero attached hydrogens (tertiary/aromatic N) is 2. The van der Waals surface area contributed by atoms with Crippen molar-refractivity contribution in [3.05, 3.63) is 47.1 Å². The van der Waals surface area contributed by atoms with Gasteiger partial charge >= 0.3 is 0 Å². The van der Waals surface area contributed by atoms with E-state index in [9.17, 15) is 12.8 Å². The largest absolute Gasteiger partial charge is 0.360 e. The third-order valence-electron chi connectivity index (χ3n) is 2.48. The Hall–Kier alpha value is -2.24. The number of nitriles is 1. The monoisotopic (exact) mass is 295 g/mol. The number of nitrogens with one attached hydrogen (secondary N) is 1. The van der Waals surface area contributed by atoms with E-state index < -0.39 is 15.8 Å². The molecule has 6 nitrogen and oxygen atoms in total. The molecule has 0 bridgehead atoms. The molecule has 1 aromatic heterocycles. The fourth-order valence-corrected chi connectivity index (χ4v) is 2.53. The van der Waals surface area contributed by atoms with Crippen molar-refractivity contribution in [2.24, 2.45) is 0 Å². The molecule has 0 aliphatic carbocycles. The van der Waals surface area contributed by atoms with Gasteiger partial charge < -0.3 is 4.52 Å². The van der Waals surface area contributed by atoms with E-state index in [0.29, 0.717) is 11.5 Å². The van der Waals surface area contributed by atoms with Crippen molar-refractivity contribution in [3.63, 3.8) is 0 Å². The van der Waals surface area contributed by atoms with Gasteiger partial charge in [-0.25, -0.2) is 17.5 Å². The van der Waals surface area contributed by atoms with Gasteiger partial charge in [0.05, 0.1) is 22.7 Å². The molecule has 20 heavy (non-hydrogen) atoms. The van der Waals surface area contributed by atoms with E-state index in [1.54, 1.807) is 19.1 Å². The second-order valence-corrected chi connectivity index (χ2v) is 5.78. The summed E-state index contributed by atoms with van der Waals surface area (Å²) in [6.45, 7) is 1.63. The molecule has 1 N–H and O–H groups in total. The number of halogens is 1. The maximum absolute atomic E-state index is 13.2. The average Bonchev–Trinajstić information content (AvgIpc) is 2.83. The number of rotatable bonds is 4. The Morgan fingerprint density at radius 2 is 2.20 bits per heavy atom. The van der Waals surface area contributed by atoms with Crippen LogP contribution in [0, 0.1) is 24.1 Å². The van der Waals surface area contributed by atoms with Crippen LogP contribution in [0.3, 0.4) is 0 Å². The van der Waals surface area contributed by atoms with Crippen molar-refractivity contribution in [1.82, 2.24) is 9.88 Å². The molecule has 1 heterocycles. The van der Waals surface area contributed by atoms with E-state index in [-0.39, 0.29) is 17.0 Å². The molecule has 2 aromatic rings. The van der Waals surface area contributed by atoms with Gasteiger partial charge in [0.2, 0.25) is 10.0 Å². The molecule has 0 aliphatic rings. The van der Waals surface area contributed by atoms with Crippen LogP contribution < -0.4 is 4.72 Å². The standard InChI is InChI=1S/C12H10FN3O3S/c1-8-4-10(19-16-8)7-15-20(17,18)11-2-3-12(13)9(5-11)6-14/h2-5,15H,7H2,1H3. The first-order chi connectivity index (χ1) is 9.42. The van der Waals surface area contributed by atoms with Crippen LogP contribution in [0.2, 0.25) is 0 Å². The van der Waals surface area contributed by atoms with Gasteiger partial charge in [-0.1, -0.05) is 5.16 Å². The van der Waals surface area contributed by atoms with Gasteiger partial charge in [0, 0.05) is 6.07 Å². The van der Waals surface area contributed by atoms with Gasteiger partial charge in [0.15, 0.2) is 5.76 Å². The minimum Gasteiger partial charge on any atom is -0.360 e. The van der Waals surface area contributed by atoms with E-state index in [0.717, 1.165) is 18.2 Å².